The predicted octanol–water partition coefficient (Wildman–Crippen LogP) is 12.8. The van der Waals surface area contributed by atoms with Gasteiger partial charge in [0, 0.05) is 41.3 Å². The SMILES string of the molecule is CC(C)(O)C12CC3CC(CC(C3)C1)C2.CC(C)(OC(=O)Oc1ccc([N+](=O)[O-])cc1)C12CC3CC(CC(C3)C1)C2.COC(=O)C12CC3CC(CC(C3)C1)C2.O=C(Cl)Oc1ccc([N+](=O)[O-])cc1. The average molecular weight is 950 g/mol. The van der Waals surface area contributed by atoms with E-state index in [-0.39, 0.29) is 39.7 Å². The van der Waals surface area contributed by atoms with Crippen molar-refractivity contribution < 1.29 is 48.3 Å². The number of rotatable bonds is 8. The van der Waals surface area contributed by atoms with Gasteiger partial charge in [0.05, 0.1) is 28.0 Å². The molecule has 0 aromatic heterocycles. The van der Waals surface area contributed by atoms with Crippen LogP contribution >= 0.6 is 11.6 Å². The number of ether oxygens (including phenoxy) is 4. The molecule has 0 saturated heterocycles. The van der Waals surface area contributed by atoms with Gasteiger partial charge in [0.15, 0.2) is 0 Å². The zero-order valence-electron chi connectivity index (χ0n) is 39.8. The molecule has 1 N–H and O–H groups in total. The predicted molar refractivity (Wildman–Crippen MR) is 249 cm³/mol. The van der Waals surface area contributed by atoms with Crippen molar-refractivity contribution in [3.63, 3.8) is 0 Å². The summed E-state index contributed by atoms with van der Waals surface area (Å²) in [4.78, 5) is 54.3. The molecule has 14 nitrogen and oxygen atoms in total. The van der Waals surface area contributed by atoms with E-state index in [2.05, 4.69) is 4.74 Å². The normalized spacial score (nSPS) is 35.4. The summed E-state index contributed by atoms with van der Waals surface area (Å²) in [6, 6.07) is 10.5. The Morgan fingerprint density at radius 1 is 0.567 bits per heavy atom. The minimum Gasteiger partial charge on any atom is -0.469 e. The summed E-state index contributed by atoms with van der Waals surface area (Å²) in [6.07, 6.45) is 22.5. The first kappa shape index (κ1) is 49.1. The molecule has 0 unspecified atom stereocenters. The highest BCUT2D eigenvalue weighted by Crippen LogP contribution is 2.65. The van der Waals surface area contributed by atoms with Crippen molar-refractivity contribution in [2.75, 3.05) is 7.11 Å². The van der Waals surface area contributed by atoms with Gasteiger partial charge >= 0.3 is 17.6 Å². The maximum atomic E-state index is 12.4. The van der Waals surface area contributed by atoms with Crippen LogP contribution in [0, 0.1) is 89.7 Å². The van der Waals surface area contributed by atoms with E-state index in [0.717, 1.165) is 91.8 Å². The molecule has 14 rings (SSSR count). The number of methoxy groups -OCH3 is 1. The first-order chi connectivity index (χ1) is 31.6. The summed E-state index contributed by atoms with van der Waals surface area (Å²) in [7, 11) is 1.54. The minimum atomic E-state index is -0.978. The highest BCUT2D eigenvalue weighted by Gasteiger charge is 2.60. The van der Waals surface area contributed by atoms with Crippen LogP contribution in [-0.4, -0.2) is 50.8 Å². The van der Waals surface area contributed by atoms with Gasteiger partial charge < -0.3 is 24.1 Å². The lowest BCUT2D eigenvalue weighted by Crippen LogP contribution is -2.57. The molecule has 12 aliphatic rings. The van der Waals surface area contributed by atoms with Crippen molar-refractivity contribution in [1.29, 1.82) is 0 Å². The van der Waals surface area contributed by atoms with Gasteiger partial charge in [-0.1, -0.05) is 0 Å². The fraction of sp³-hybridized carbons (Fsp3) is 0.712. The average Bonchev–Trinajstić information content (AvgIpc) is 3.22. The summed E-state index contributed by atoms with van der Waals surface area (Å²) in [5.74, 6) is 8.18. The third kappa shape index (κ3) is 10.6. The van der Waals surface area contributed by atoms with Gasteiger partial charge in [0.2, 0.25) is 0 Å². The number of halogens is 1. The summed E-state index contributed by atoms with van der Waals surface area (Å²) >= 11 is 4.92. The number of benzene rings is 2. The maximum absolute atomic E-state index is 12.4. The Balaban J connectivity index is 0.000000128. The van der Waals surface area contributed by atoms with Crippen molar-refractivity contribution in [2.45, 2.75) is 154 Å². The van der Waals surface area contributed by atoms with E-state index in [1.54, 1.807) is 7.11 Å². The number of nitrogens with zero attached hydrogens (tertiary/aromatic N) is 2. The van der Waals surface area contributed by atoms with Gasteiger partial charge in [0.25, 0.3) is 11.4 Å². The Morgan fingerprint density at radius 2 is 0.881 bits per heavy atom. The van der Waals surface area contributed by atoms with E-state index < -0.39 is 32.6 Å². The fourth-order valence-electron chi connectivity index (χ4n) is 16.1. The van der Waals surface area contributed by atoms with Crippen molar-refractivity contribution >= 4 is 40.5 Å². The van der Waals surface area contributed by atoms with Crippen molar-refractivity contribution in [3.8, 4) is 11.5 Å². The summed E-state index contributed by atoms with van der Waals surface area (Å²) in [5, 5.41) is 31.3. The zero-order chi connectivity index (χ0) is 48.1. The number of carbonyl (C=O) groups excluding carboxylic acids is 3. The first-order valence-corrected chi connectivity index (χ1v) is 25.0. The highest BCUT2D eigenvalue weighted by atomic mass is 35.5. The molecular weight excluding hydrogens is 880 g/mol. The molecule has 0 amide bonds. The van der Waals surface area contributed by atoms with Gasteiger partial charge in [-0.05, 0) is 226 Å². The highest BCUT2D eigenvalue weighted by molar-refractivity contribution is 6.61. The Labute approximate surface area is 398 Å². The van der Waals surface area contributed by atoms with Crippen molar-refractivity contribution in [3.05, 3.63) is 68.8 Å². The molecule has 12 saturated carbocycles. The third-order valence-electron chi connectivity index (χ3n) is 18.1. The molecule has 67 heavy (non-hydrogen) atoms. The van der Waals surface area contributed by atoms with Crippen molar-refractivity contribution in [2.24, 2.45) is 69.5 Å². The zero-order valence-corrected chi connectivity index (χ0v) is 40.5. The maximum Gasteiger partial charge on any atom is 0.514 e. The topological polar surface area (TPSA) is 195 Å². The minimum absolute atomic E-state index is 0.0420. The number of nitro benzene ring substituents is 2. The Bertz CT molecular complexity index is 2060. The monoisotopic (exact) mass is 948 g/mol. The summed E-state index contributed by atoms with van der Waals surface area (Å²) in [6.45, 7) is 8.11. The molecule has 0 heterocycles. The molecule has 12 fully saturated rings. The van der Waals surface area contributed by atoms with Gasteiger partial charge in [-0.3, -0.25) is 25.0 Å². The molecule has 366 valence electrons. The van der Waals surface area contributed by atoms with Gasteiger partial charge in [0.1, 0.15) is 17.1 Å². The van der Waals surface area contributed by atoms with Crippen LogP contribution in [0.3, 0.4) is 0 Å². The Morgan fingerprint density at radius 3 is 1.18 bits per heavy atom. The molecule has 15 heteroatoms. The number of hydrogen-bond acceptors (Lipinski definition) is 12. The summed E-state index contributed by atoms with van der Waals surface area (Å²) < 4.78 is 20.5. The number of non-ortho nitro benzene ring substituents is 2. The van der Waals surface area contributed by atoms with Crippen LogP contribution in [0.5, 0.6) is 11.5 Å². The van der Waals surface area contributed by atoms with Gasteiger partial charge in [-0.15, -0.1) is 0 Å². The second kappa shape index (κ2) is 18.9. The molecular formula is C52H69ClN2O12. The van der Waals surface area contributed by atoms with Crippen LogP contribution in [0.15, 0.2) is 48.5 Å². The van der Waals surface area contributed by atoms with Crippen LogP contribution < -0.4 is 9.47 Å². The second-order valence-electron chi connectivity index (χ2n) is 23.5. The third-order valence-corrected chi connectivity index (χ3v) is 18.2. The molecule has 0 atom stereocenters. The number of carbonyl (C=O) groups is 3. The van der Waals surface area contributed by atoms with Gasteiger partial charge in [-0.2, -0.15) is 0 Å². The number of hydrogen-bond donors (Lipinski definition) is 1. The van der Waals surface area contributed by atoms with E-state index >= 15 is 0 Å². The molecule has 0 spiro atoms. The lowest BCUT2D eigenvalue weighted by atomic mass is 9.46. The lowest BCUT2D eigenvalue weighted by Gasteiger charge is -2.61. The van der Waals surface area contributed by atoms with E-state index in [1.165, 1.54) is 126 Å². The Hall–Kier alpha value is -4.30. The first-order valence-electron chi connectivity index (χ1n) is 24.6. The largest absolute Gasteiger partial charge is 0.514 e. The number of esters is 1. The summed E-state index contributed by atoms with van der Waals surface area (Å²) in [5.41, 5.74) is -1.83. The number of nitro groups is 2. The van der Waals surface area contributed by atoms with Crippen LogP contribution in [-0.2, 0) is 14.3 Å². The molecule has 12 bridgehead atoms. The molecule has 0 aliphatic heterocycles. The van der Waals surface area contributed by atoms with E-state index in [1.807, 2.05) is 27.7 Å². The van der Waals surface area contributed by atoms with E-state index in [9.17, 15) is 39.7 Å². The lowest BCUT2D eigenvalue weighted by molar-refractivity contribution is -0.385. The fourth-order valence-corrected chi connectivity index (χ4v) is 16.2. The van der Waals surface area contributed by atoms with E-state index in [0.29, 0.717) is 5.41 Å². The van der Waals surface area contributed by atoms with Crippen LogP contribution in [0.25, 0.3) is 0 Å². The smallest absolute Gasteiger partial charge is 0.469 e. The van der Waals surface area contributed by atoms with Crippen LogP contribution in [0.4, 0.5) is 21.0 Å². The molecule has 2 aromatic carbocycles. The quantitative estimate of drug-likeness (QED) is 0.0866. The van der Waals surface area contributed by atoms with E-state index in [4.69, 9.17) is 25.8 Å². The van der Waals surface area contributed by atoms with Crippen LogP contribution in [0.2, 0.25) is 0 Å². The van der Waals surface area contributed by atoms with Gasteiger partial charge in [-0.25, -0.2) is 9.59 Å². The second-order valence-corrected chi connectivity index (χ2v) is 23.8. The Kier molecular flexibility index (Phi) is 13.9. The van der Waals surface area contributed by atoms with Crippen LogP contribution in [0.1, 0.15) is 143 Å². The van der Waals surface area contributed by atoms with Crippen molar-refractivity contribution in [1.82, 2.24) is 0 Å². The molecule has 2 aromatic rings. The standard InChI is InChI=1S/C20H25NO5.C13H22O.C12H18O2.C7H4ClNO4/c1-19(2,20-10-13-7-14(11-20)9-15(8-13)12-20)26-18(22)25-17-5-3-16(4-6-17)21(23)24;1-12(2,14)13-6-9-3-10(7-13)5-11(4-9)8-13;1-14-11(13)12-5-8-2-9(6-12)4-10(3-8)7-12;8-7(10)13-6-3-1-5(2-4-6)9(11)12/h3-6,13-15H,7-12H2,1-2H3;9-11,14H,3-8H2,1-2H3;8-10H,2-7H2,1H3;1-4H. The molecule has 0 radical (unpaired) electrons. The number of aliphatic hydroxyl groups is 1. The molecule has 12 aliphatic carbocycles.